The molecule has 2 rings (SSSR count). The van der Waals surface area contributed by atoms with Crippen LogP contribution in [0, 0.1) is 0 Å². The van der Waals surface area contributed by atoms with Gasteiger partial charge in [0.05, 0.1) is 6.42 Å². The highest BCUT2D eigenvalue weighted by Crippen LogP contribution is 2.39. The second kappa shape index (κ2) is 6.27. The van der Waals surface area contributed by atoms with Crippen molar-refractivity contribution in [3.05, 3.63) is 22.6 Å². The maximum Gasteiger partial charge on any atom is 0.221 e. The molecule has 19 heavy (non-hydrogen) atoms. The highest BCUT2D eigenvalue weighted by molar-refractivity contribution is 5.77. The van der Waals surface area contributed by atoms with Gasteiger partial charge in [-0.25, -0.2) is 0 Å². The lowest BCUT2D eigenvalue weighted by molar-refractivity contribution is -0.117. The fraction of sp³-hybridized carbons (Fsp3) is 0.688. The standard InChI is InChI=1S/C16H25NO2/c1-3-13-12(10-15(17)18)16(14(4-2)19-13)11-8-6-5-7-9-11/h11H,3-10H2,1-2H3,(H2,17,18). The van der Waals surface area contributed by atoms with Crippen LogP contribution in [0.4, 0.5) is 0 Å². The predicted octanol–water partition coefficient (Wildman–Crippen LogP) is 3.48. The number of carbonyl (C=O) groups excluding carboxylic acids is 1. The van der Waals surface area contributed by atoms with Crippen molar-refractivity contribution in [2.24, 2.45) is 5.73 Å². The van der Waals surface area contributed by atoms with E-state index in [1.165, 1.54) is 37.7 Å². The molecule has 0 saturated heterocycles. The minimum absolute atomic E-state index is 0.254. The van der Waals surface area contributed by atoms with Crippen molar-refractivity contribution in [2.45, 2.75) is 71.1 Å². The van der Waals surface area contributed by atoms with Gasteiger partial charge in [-0.2, -0.15) is 0 Å². The maximum absolute atomic E-state index is 11.4. The van der Waals surface area contributed by atoms with Gasteiger partial charge in [0.1, 0.15) is 11.5 Å². The first-order chi connectivity index (χ1) is 9.17. The molecular weight excluding hydrogens is 238 g/mol. The number of rotatable bonds is 5. The molecule has 0 atom stereocenters. The fourth-order valence-electron chi connectivity index (χ4n) is 3.37. The largest absolute Gasteiger partial charge is 0.465 e. The quantitative estimate of drug-likeness (QED) is 0.884. The highest BCUT2D eigenvalue weighted by Gasteiger charge is 2.27. The Bertz CT molecular complexity index is 442. The summed E-state index contributed by atoms with van der Waals surface area (Å²) in [5.41, 5.74) is 7.83. The molecule has 1 aliphatic rings. The molecule has 1 aromatic heterocycles. The monoisotopic (exact) mass is 263 g/mol. The Morgan fingerprint density at radius 1 is 1.16 bits per heavy atom. The summed E-state index contributed by atoms with van der Waals surface area (Å²) in [6.45, 7) is 4.20. The molecule has 1 saturated carbocycles. The third kappa shape index (κ3) is 3.02. The fourth-order valence-corrected chi connectivity index (χ4v) is 3.37. The molecule has 1 amide bonds. The number of nitrogens with two attached hydrogens (primary N) is 1. The summed E-state index contributed by atoms with van der Waals surface area (Å²) >= 11 is 0. The molecule has 3 nitrogen and oxygen atoms in total. The lowest BCUT2D eigenvalue weighted by Crippen LogP contribution is -2.17. The number of furan rings is 1. The average molecular weight is 263 g/mol. The zero-order valence-corrected chi connectivity index (χ0v) is 12.1. The maximum atomic E-state index is 11.4. The Morgan fingerprint density at radius 2 is 1.79 bits per heavy atom. The molecule has 1 fully saturated rings. The summed E-state index contributed by atoms with van der Waals surface area (Å²) in [4.78, 5) is 11.4. The van der Waals surface area contributed by atoms with Crippen molar-refractivity contribution in [1.29, 1.82) is 0 Å². The van der Waals surface area contributed by atoms with E-state index in [0.29, 0.717) is 12.3 Å². The van der Waals surface area contributed by atoms with Gasteiger partial charge >= 0.3 is 0 Å². The van der Waals surface area contributed by atoms with E-state index >= 15 is 0 Å². The first kappa shape index (κ1) is 14.2. The SMILES string of the molecule is CCc1oc(CC)c(C2CCCCC2)c1CC(N)=O. The van der Waals surface area contributed by atoms with Gasteiger partial charge in [0.2, 0.25) is 5.91 Å². The van der Waals surface area contributed by atoms with Gasteiger partial charge in [-0.1, -0.05) is 33.1 Å². The first-order valence-electron chi connectivity index (χ1n) is 7.58. The van der Waals surface area contributed by atoms with Crippen molar-refractivity contribution in [3.63, 3.8) is 0 Å². The van der Waals surface area contributed by atoms with Crippen LogP contribution in [0.5, 0.6) is 0 Å². The van der Waals surface area contributed by atoms with Crippen molar-refractivity contribution in [3.8, 4) is 0 Å². The normalized spacial score (nSPS) is 16.7. The third-order valence-corrected chi connectivity index (χ3v) is 4.22. The van der Waals surface area contributed by atoms with Crippen LogP contribution in [0.15, 0.2) is 4.42 Å². The summed E-state index contributed by atoms with van der Waals surface area (Å²) in [5.74, 6) is 2.37. The van der Waals surface area contributed by atoms with Crippen LogP contribution < -0.4 is 5.73 Å². The van der Waals surface area contributed by atoms with Gasteiger partial charge in [0.25, 0.3) is 0 Å². The number of amides is 1. The van der Waals surface area contributed by atoms with E-state index in [9.17, 15) is 4.79 Å². The van der Waals surface area contributed by atoms with E-state index in [0.717, 1.165) is 29.9 Å². The lowest BCUT2D eigenvalue weighted by Gasteiger charge is -2.23. The Labute approximate surface area is 115 Å². The molecule has 0 unspecified atom stereocenters. The van der Waals surface area contributed by atoms with Crippen LogP contribution in [0.1, 0.15) is 74.5 Å². The van der Waals surface area contributed by atoms with Crippen molar-refractivity contribution in [2.75, 3.05) is 0 Å². The van der Waals surface area contributed by atoms with Gasteiger partial charge in [0.15, 0.2) is 0 Å². The van der Waals surface area contributed by atoms with Gasteiger partial charge in [0, 0.05) is 24.0 Å². The number of aryl methyl sites for hydroxylation is 2. The van der Waals surface area contributed by atoms with Crippen LogP contribution >= 0.6 is 0 Å². The number of carbonyl (C=O) groups is 1. The Balaban J connectivity index is 2.41. The molecule has 0 aromatic carbocycles. The van der Waals surface area contributed by atoms with Crippen LogP contribution in [0.2, 0.25) is 0 Å². The third-order valence-electron chi connectivity index (χ3n) is 4.22. The zero-order chi connectivity index (χ0) is 13.8. The molecule has 3 heteroatoms. The van der Waals surface area contributed by atoms with Crippen molar-refractivity contribution in [1.82, 2.24) is 0 Å². The summed E-state index contributed by atoms with van der Waals surface area (Å²) in [7, 11) is 0. The van der Waals surface area contributed by atoms with Crippen LogP contribution in [-0.2, 0) is 24.1 Å². The second-order valence-corrected chi connectivity index (χ2v) is 5.53. The number of hydrogen-bond donors (Lipinski definition) is 1. The van der Waals surface area contributed by atoms with Crippen molar-refractivity contribution < 1.29 is 9.21 Å². The Hall–Kier alpha value is -1.25. The van der Waals surface area contributed by atoms with E-state index in [-0.39, 0.29) is 5.91 Å². The predicted molar refractivity (Wildman–Crippen MR) is 76.2 cm³/mol. The zero-order valence-electron chi connectivity index (χ0n) is 12.1. The average Bonchev–Trinajstić information content (AvgIpc) is 2.76. The molecular formula is C16H25NO2. The minimum atomic E-state index is -0.254. The van der Waals surface area contributed by atoms with Crippen LogP contribution in [0.25, 0.3) is 0 Å². The van der Waals surface area contributed by atoms with Gasteiger partial charge in [-0.3, -0.25) is 4.79 Å². The topological polar surface area (TPSA) is 56.2 Å². The Kier molecular flexibility index (Phi) is 4.67. The first-order valence-corrected chi connectivity index (χ1v) is 7.58. The second-order valence-electron chi connectivity index (χ2n) is 5.53. The molecule has 1 aromatic rings. The van der Waals surface area contributed by atoms with E-state index in [2.05, 4.69) is 13.8 Å². The molecule has 0 radical (unpaired) electrons. The summed E-state index contributed by atoms with van der Waals surface area (Å²) in [6, 6.07) is 0. The molecule has 0 aliphatic heterocycles. The van der Waals surface area contributed by atoms with Gasteiger partial charge < -0.3 is 10.2 Å². The van der Waals surface area contributed by atoms with Gasteiger partial charge in [-0.15, -0.1) is 0 Å². The van der Waals surface area contributed by atoms with E-state index < -0.39 is 0 Å². The summed E-state index contributed by atoms with van der Waals surface area (Å²) in [6.07, 6.45) is 8.43. The van der Waals surface area contributed by atoms with Crippen LogP contribution in [-0.4, -0.2) is 5.91 Å². The Morgan fingerprint density at radius 3 is 2.32 bits per heavy atom. The molecule has 0 spiro atoms. The van der Waals surface area contributed by atoms with Gasteiger partial charge in [-0.05, 0) is 18.8 Å². The lowest BCUT2D eigenvalue weighted by atomic mass is 9.81. The number of primary amides is 1. The van der Waals surface area contributed by atoms with E-state index in [1.54, 1.807) is 0 Å². The molecule has 0 bridgehead atoms. The molecule has 2 N–H and O–H groups in total. The highest BCUT2D eigenvalue weighted by atomic mass is 16.3. The van der Waals surface area contributed by atoms with Crippen molar-refractivity contribution >= 4 is 5.91 Å². The number of hydrogen-bond acceptors (Lipinski definition) is 2. The van der Waals surface area contributed by atoms with E-state index in [4.69, 9.17) is 10.2 Å². The minimum Gasteiger partial charge on any atom is -0.465 e. The molecule has 1 heterocycles. The van der Waals surface area contributed by atoms with E-state index in [1.807, 2.05) is 0 Å². The molecule has 1 aliphatic carbocycles. The smallest absolute Gasteiger partial charge is 0.221 e. The molecule has 106 valence electrons. The van der Waals surface area contributed by atoms with Crippen LogP contribution in [0.3, 0.4) is 0 Å². The summed E-state index contributed by atoms with van der Waals surface area (Å²) in [5, 5.41) is 0. The summed E-state index contributed by atoms with van der Waals surface area (Å²) < 4.78 is 5.99.